The fourth-order valence-corrected chi connectivity index (χ4v) is 6.33. The van der Waals surface area contributed by atoms with Gasteiger partial charge in [-0.2, -0.15) is 0 Å². The molecule has 7 nitrogen and oxygen atoms in total. The van der Waals surface area contributed by atoms with E-state index in [4.69, 9.17) is 24.1 Å². The summed E-state index contributed by atoms with van der Waals surface area (Å²) in [7, 11) is 0. The number of ether oxygens (including phenoxy) is 4. The Bertz CT molecular complexity index is 1510. The van der Waals surface area contributed by atoms with E-state index in [1.165, 1.54) is 73.6 Å². The molecule has 1 aliphatic carbocycles. The van der Waals surface area contributed by atoms with Crippen LogP contribution in [-0.2, 0) is 20.7 Å². The summed E-state index contributed by atoms with van der Waals surface area (Å²) in [4.78, 5) is 11.9. The Balaban J connectivity index is 1.50. The lowest BCUT2D eigenvalue weighted by molar-refractivity contribution is -0.145. The van der Waals surface area contributed by atoms with Gasteiger partial charge >= 0.3 is 5.97 Å². The summed E-state index contributed by atoms with van der Waals surface area (Å²) in [5.74, 6) is 1.91. The maximum atomic E-state index is 11.9. The summed E-state index contributed by atoms with van der Waals surface area (Å²) in [5, 5.41) is 18.4. The molecule has 0 saturated heterocycles. The van der Waals surface area contributed by atoms with Gasteiger partial charge in [0.25, 0.3) is 0 Å². The Morgan fingerprint density at radius 3 is 1.98 bits per heavy atom. The normalized spacial score (nSPS) is 15.7. The highest BCUT2D eigenvalue weighted by Crippen LogP contribution is 2.39. The van der Waals surface area contributed by atoms with E-state index in [9.17, 15) is 9.90 Å². The maximum absolute atomic E-state index is 11.9. The number of aryl methyl sites for hydroxylation is 1. The van der Waals surface area contributed by atoms with Crippen LogP contribution < -0.4 is 9.47 Å². The molecule has 0 spiro atoms. The van der Waals surface area contributed by atoms with Crippen molar-refractivity contribution in [2.24, 2.45) is 5.92 Å². The topological polar surface area (TPSA) is 94.5 Å². The van der Waals surface area contributed by atoms with E-state index in [-0.39, 0.29) is 31.5 Å². The van der Waals surface area contributed by atoms with Crippen molar-refractivity contribution in [1.29, 1.82) is 0 Å². The van der Waals surface area contributed by atoms with Crippen LogP contribution >= 0.6 is 0 Å². The minimum absolute atomic E-state index is 0.0645. The van der Waals surface area contributed by atoms with E-state index < -0.39 is 12.6 Å². The zero-order valence-corrected chi connectivity index (χ0v) is 29.2. The molecule has 49 heavy (non-hydrogen) atoms. The second kappa shape index (κ2) is 19.0. The highest BCUT2D eigenvalue weighted by atomic mass is 16.7. The molecule has 0 aromatic heterocycles. The molecule has 0 amide bonds. The van der Waals surface area contributed by atoms with E-state index >= 15 is 0 Å². The number of carbonyl (C=O) groups excluding carboxylic acids is 1. The van der Waals surface area contributed by atoms with Gasteiger partial charge in [0.15, 0.2) is 0 Å². The minimum Gasteiger partial charge on any atom is -0.458 e. The zero-order valence-electron chi connectivity index (χ0n) is 29.2. The van der Waals surface area contributed by atoms with E-state index in [0.29, 0.717) is 23.0 Å². The molecule has 1 fully saturated rings. The number of benzene rings is 3. The van der Waals surface area contributed by atoms with E-state index in [1.807, 2.05) is 12.1 Å². The quantitative estimate of drug-likeness (QED) is 0.0328. The molecule has 0 bridgehead atoms. The molecular formula is C42H52O7. The molecule has 0 heterocycles. The molecule has 262 valence electrons. The predicted octanol–water partition coefficient (Wildman–Crippen LogP) is 9.28. The van der Waals surface area contributed by atoms with Gasteiger partial charge in [0.2, 0.25) is 13.6 Å². The lowest BCUT2D eigenvalue weighted by atomic mass is 9.77. The van der Waals surface area contributed by atoms with Gasteiger partial charge in [-0.1, -0.05) is 102 Å². The lowest BCUT2D eigenvalue weighted by Crippen LogP contribution is -2.14. The Morgan fingerprint density at radius 2 is 1.37 bits per heavy atom. The maximum Gasteiger partial charge on any atom is 0.338 e. The standard InChI is InChI=1S/C42H52O7/c1-6-8-9-10-32-11-13-34(14-12-32)35-15-17-36(18-16-35)41-20-19-37(21-33(41)7-2)38-22-39(47-27-46-31(5)29(3)25-43)24-40(23-38)48-28-49-42(45)30(4)26-44/h15-24,32,34,43-44H,3-14,25-28H2,1-2H3. The van der Waals surface area contributed by atoms with Crippen LogP contribution in [0.25, 0.3) is 22.3 Å². The van der Waals surface area contributed by atoms with Crippen molar-refractivity contribution in [1.82, 2.24) is 0 Å². The first kappa shape index (κ1) is 37.5. The predicted molar refractivity (Wildman–Crippen MR) is 195 cm³/mol. The molecule has 2 N–H and O–H groups in total. The number of aliphatic hydroxyl groups is 2. The first-order valence-corrected chi connectivity index (χ1v) is 17.5. The van der Waals surface area contributed by atoms with Gasteiger partial charge in [-0.25, -0.2) is 4.79 Å². The molecule has 4 rings (SSSR count). The van der Waals surface area contributed by atoms with Gasteiger partial charge in [-0.05, 0) is 89.5 Å². The number of rotatable bonds is 19. The van der Waals surface area contributed by atoms with Gasteiger partial charge < -0.3 is 29.2 Å². The largest absolute Gasteiger partial charge is 0.458 e. The van der Waals surface area contributed by atoms with Gasteiger partial charge in [0.1, 0.15) is 17.3 Å². The minimum atomic E-state index is -0.743. The molecule has 1 aliphatic rings. The number of carbonyl (C=O) groups is 1. The van der Waals surface area contributed by atoms with E-state index in [2.05, 4.69) is 76.0 Å². The smallest absolute Gasteiger partial charge is 0.338 e. The van der Waals surface area contributed by atoms with Crippen molar-refractivity contribution in [3.63, 3.8) is 0 Å². The molecular weight excluding hydrogens is 616 g/mol. The Labute approximate surface area is 291 Å². The summed E-state index contributed by atoms with van der Waals surface area (Å²) < 4.78 is 22.2. The Kier molecular flexibility index (Phi) is 14.5. The van der Waals surface area contributed by atoms with Crippen LogP contribution in [0.15, 0.2) is 97.3 Å². The van der Waals surface area contributed by atoms with Crippen molar-refractivity contribution < 1.29 is 34.0 Å². The lowest BCUT2D eigenvalue weighted by Gasteiger charge is -2.29. The van der Waals surface area contributed by atoms with Crippen molar-refractivity contribution in [2.45, 2.75) is 77.6 Å². The number of hydrogen-bond donors (Lipinski definition) is 2. The van der Waals surface area contributed by atoms with Gasteiger partial charge in [0.05, 0.1) is 18.8 Å². The van der Waals surface area contributed by atoms with Crippen molar-refractivity contribution in [2.75, 3.05) is 26.8 Å². The summed E-state index contributed by atoms with van der Waals surface area (Å²) in [5.41, 5.74) is 7.16. The summed E-state index contributed by atoms with van der Waals surface area (Å²) in [6.45, 7) is 14.1. The molecule has 3 aromatic rings. The molecule has 0 radical (unpaired) electrons. The Hall–Kier alpha value is -4.33. The van der Waals surface area contributed by atoms with Crippen LogP contribution in [0.1, 0.15) is 82.3 Å². The van der Waals surface area contributed by atoms with Crippen molar-refractivity contribution in [3.05, 3.63) is 108 Å². The number of esters is 1. The van der Waals surface area contributed by atoms with Crippen LogP contribution in [-0.4, -0.2) is 43.0 Å². The highest BCUT2D eigenvalue weighted by molar-refractivity contribution is 5.87. The molecule has 1 saturated carbocycles. The number of unbranched alkanes of at least 4 members (excludes halogenated alkanes) is 2. The fraction of sp³-hybridized carbons (Fsp3) is 0.405. The molecule has 0 aliphatic heterocycles. The summed E-state index contributed by atoms with van der Waals surface area (Å²) in [6.07, 6.45) is 11.6. The summed E-state index contributed by atoms with van der Waals surface area (Å²) in [6, 6.07) is 21.0. The third kappa shape index (κ3) is 10.8. The molecule has 0 atom stereocenters. The fourth-order valence-electron chi connectivity index (χ4n) is 6.33. The third-order valence-corrected chi connectivity index (χ3v) is 9.39. The van der Waals surface area contributed by atoms with Crippen LogP contribution in [0, 0.1) is 5.92 Å². The molecule has 0 unspecified atom stereocenters. The van der Waals surface area contributed by atoms with Gasteiger partial charge in [-0.15, -0.1) is 0 Å². The van der Waals surface area contributed by atoms with Crippen LogP contribution in [0.3, 0.4) is 0 Å². The second-order valence-electron chi connectivity index (χ2n) is 12.8. The van der Waals surface area contributed by atoms with Gasteiger partial charge in [-0.3, -0.25) is 0 Å². The van der Waals surface area contributed by atoms with Gasteiger partial charge in [0, 0.05) is 11.6 Å². The molecule has 3 aromatic carbocycles. The van der Waals surface area contributed by atoms with E-state index in [1.54, 1.807) is 6.07 Å². The SMILES string of the molecule is C=C(CO)C(=C)OCOc1cc(OCOC(=O)C(=C)CO)cc(-c2ccc(-c3ccc(C4CCC(CCCCC)CC4)cc3)c(CC)c2)c1. The number of aliphatic hydroxyl groups excluding tert-OH is 2. The monoisotopic (exact) mass is 668 g/mol. The van der Waals surface area contributed by atoms with Crippen LogP contribution in [0.2, 0.25) is 0 Å². The Morgan fingerprint density at radius 1 is 0.735 bits per heavy atom. The average molecular weight is 669 g/mol. The van der Waals surface area contributed by atoms with Crippen molar-refractivity contribution >= 4 is 5.97 Å². The van der Waals surface area contributed by atoms with Crippen molar-refractivity contribution in [3.8, 4) is 33.8 Å². The molecule has 7 heteroatoms. The first-order valence-electron chi connectivity index (χ1n) is 17.5. The highest BCUT2D eigenvalue weighted by Gasteiger charge is 2.22. The van der Waals surface area contributed by atoms with Crippen LogP contribution in [0.5, 0.6) is 11.5 Å². The summed E-state index contributed by atoms with van der Waals surface area (Å²) >= 11 is 0. The van der Waals surface area contributed by atoms with E-state index in [0.717, 1.165) is 23.5 Å². The first-order chi connectivity index (χ1) is 23.8. The third-order valence-electron chi connectivity index (χ3n) is 9.39. The zero-order chi connectivity index (χ0) is 35.2. The average Bonchev–Trinajstić information content (AvgIpc) is 3.14. The van der Waals surface area contributed by atoms with Crippen LogP contribution in [0.4, 0.5) is 0 Å². The number of hydrogen-bond acceptors (Lipinski definition) is 7. The second-order valence-corrected chi connectivity index (χ2v) is 12.8.